The maximum atomic E-state index is 12.9. The molecule has 2 fully saturated rings. The van der Waals surface area contributed by atoms with E-state index in [1.54, 1.807) is 38.1 Å². The Kier molecular flexibility index (Phi) is 5.83. The second-order valence-electron chi connectivity index (χ2n) is 7.80. The molecule has 1 aromatic carbocycles. The van der Waals surface area contributed by atoms with Gasteiger partial charge in [0.05, 0.1) is 6.04 Å². The number of carbonyl (C=O) groups excluding carboxylic acids is 4. The van der Waals surface area contributed by atoms with Gasteiger partial charge in [0.1, 0.15) is 12.6 Å². The van der Waals surface area contributed by atoms with Crippen LogP contribution in [0.5, 0.6) is 0 Å². The Morgan fingerprint density at radius 2 is 1.79 bits per heavy atom. The van der Waals surface area contributed by atoms with Gasteiger partial charge in [0.2, 0.25) is 17.5 Å². The Hall–Kier alpha value is -4.20. The van der Waals surface area contributed by atoms with Crippen LogP contribution in [0.25, 0.3) is 0 Å². The van der Waals surface area contributed by atoms with Gasteiger partial charge in [0.25, 0.3) is 0 Å². The van der Waals surface area contributed by atoms with E-state index in [1.807, 2.05) is 17.0 Å². The second-order valence-corrected chi connectivity index (χ2v) is 7.80. The number of nitriles is 1. The summed E-state index contributed by atoms with van der Waals surface area (Å²) in [5.74, 6) is -1.65. The van der Waals surface area contributed by atoms with Crippen LogP contribution in [0.1, 0.15) is 30.1 Å². The smallest absolute Gasteiger partial charge is 0.335 e. The number of carbonyl (C=O) groups is 4. The number of rotatable bonds is 5. The number of piperazine rings is 1. The molecule has 2 aromatic rings. The second kappa shape index (κ2) is 8.74. The maximum absolute atomic E-state index is 12.9. The Morgan fingerprint density at radius 1 is 1.12 bits per heavy atom. The molecule has 1 aromatic heterocycles. The molecule has 0 saturated carbocycles. The Labute approximate surface area is 189 Å². The summed E-state index contributed by atoms with van der Waals surface area (Å²) in [5.41, 5.74) is 0.891. The summed E-state index contributed by atoms with van der Waals surface area (Å²) < 4.78 is 5.51. The standard InChI is InChI=1S/C22H22N6O5/c1-14(16-6-4-3-5-7-16)28-20(31)19(30)27(22(28)32)13-18(29)25-8-10-26(11-9-25)21-17(12-23)24-15(2)33-21/h3-7,14H,8-11,13H2,1-2H3. The van der Waals surface area contributed by atoms with Gasteiger partial charge < -0.3 is 14.2 Å². The first-order valence-electron chi connectivity index (χ1n) is 10.5. The van der Waals surface area contributed by atoms with Gasteiger partial charge in [-0.25, -0.2) is 19.6 Å². The number of hydrogen-bond acceptors (Lipinski definition) is 8. The van der Waals surface area contributed by atoms with Crippen molar-refractivity contribution in [3.63, 3.8) is 0 Å². The predicted octanol–water partition coefficient (Wildman–Crippen LogP) is 1.06. The molecule has 4 rings (SSSR count). The van der Waals surface area contributed by atoms with Gasteiger partial charge in [-0.2, -0.15) is 5.26 Å². The summed E-state index contributed by atoms with van der Waals surface area (Å²) >= 11 is 0. The first-order chi connectivity index (χ1) is 15.8. The fraction of sp³-hybridized carbons (Fsp3) is 0.364. The average molecular weight is 450 g/mol. The normalized spacial score (nSPS) is 17.5. The van der Waals surface area contributed by atoms with Crippen LogP contribution in [0.4, 0.5) is 10.7 Å². The number of aryl methyl sites for hydroxylation is 1. The van der Waals surface area contributed by atoms with E-state index in [1.165, 1.54) is 4.90 Å². The van der Waals surface area contributed by atoms with Crippen LogP contribution in [-0.2, 0) is 14.4 Å². The van der Waals surface area contributed by atoms with Crippen molar-refractivity contribution >= 4 is 29.6 Å². The summed E-state index contributed by atoms with van der Waals surface area (Å²) in [6, 6.07) is 9.43. The van der Waals surface area contributed by atoms with Crippen LogP contribution in [0.2, 0.25) is 0 Å². The number of urea groups is 1. The monoisotopic (exact) mass is 450 g/mol. The molecule has 0 radical (unpaired) electrons. The summed E-state index contributed by atoms with van der Waals surface area (Å²) in [4.78, 5) is 59.6. The average Bonchev–Trinajstić information content (AvgIpc) is 3.31. The molecule has 11 nitrogen and oxygen atoms in total. The van der Waals surface area contributed by atoms with E-state index in [9.17, 15) is 24.4 Å². The van der Waals surface area contributed by atoms with Crippen molar-refractivity contribution in [1.82, 2.24) is 19.7 Å². The molecule has 1 atom stereocenters. The van der Waals surface area contributed by atoms with E-state index in [0.29, 0.717) is 48.4 Å². The van der Waals surface area contributed by atoms with Gasteiger partial charge in [-0.3, -0.25) is 14.4 Å². The molecule has 2 aliphatic heterocycles. The van der Waals surface area contributed by atoms with Gasteiger partial charge in [-0.15, -0.1) is 0 Å². The Morgan fingerprint density at radius 3 is 2.42 bits per heavy atom. The third kappa shape index (κ3) is 4.03. The lowest BCUT2D eigenvalue weighted by Crippen LogP contribution is -2.52. The largest absolute Gasteiger partial charge is 0.424 e. The molecular formula is C22H22N6O5. The summed E-state index contributed by atoms with van der Waals surface area (Å²) in [6.07, 6.45) is 0. The van der Waals surface area contributed by atoms with Crippen LogP contribution in [0, 0.1) is 18.3 Å². The summed E-state index contributed by atoms with van der Waals surface area (Å²) in [6.45, 7) is 4.20. The molecule has 0 N–H and O–H groups in total. The molecule has 170 valence electrons. The number of aromatic nitrogens is 1. The van der Waals surface area contributed by atoms with E-state index in [2.05, 4.69) is 4.98 Å². The number of imide groups is 2. The maximum Gasteiger partial charge on any atom is 0.335 e. The van der Waals surface area contributed by atoms with Crippen molar-refractivity contribution in [2.75, 3.05) is 37.6 Å². The molecule has 11 heteroatoms. The molecular weight excluding hydrogens is 428 g/mol. The van der Waals surface area contributed by atoms with Crippen molar-refractivity contribution in [1.29, 1.82) is 5.26 Å². The number of benzene rings is 1. The van der Waals surface area contributed by atoms with E-state index >= 15 is 0 Å². The van der Waals surface area contributed by atoms with Gasteiger partial charge in [0, 0.05) is 33.1 Å². The van der Waals surface area contributed by atoms with Crippen molar-refractivity contribution < 1.29 is 23.6 Å². The van der Waals surface area contributed by atoms with Crippen molar-refractivity contribution in [2.45, 2.75) is 19.9 Å². The SMILES string of the molecule is Cc1nc(C#N)c(N2CCN(C(=O)CN3C(=O)C(=O)N(C(C)c4ccccc4)C3=O)CC2)o1. The molecule has 2 aliphatic rings. The zero-order valence-corrected chi connectivity index (χ0v) is 18.2. The van der Waals surface area contributed by atoms with Crippen LogP contribution in [0.15, 0.2) is 34.7 Å². The fourth-order valence-corrected chi connectivity index (χ4v) is 3.98. The third-order valence-corrected chi connectivity index (χ3v) is 5.79. The molecule has 5 amide bonds. The quantitative estimate of drug-likeness (QED) is 0.488. The number of amides is 5. The predicted molar refractivity (Wildman–Crippen MR) is 114 cm³/mol. The van der Waals surface area contributed by atoms with Gasteiger partial charge in [-0.05, 0) is 12.5 Å². The Balaban J connectivity index is 1.39. The fourth-order valence-electron chi connectivity index (χ4n) is 3.98. The zero-order valence-electron chi connectivity index (χ0n) is 18.2. The van der Waals surface area contributed by atoms with Crippen molar-refractivity contribution in [3.8, 4) is 6.07 Å². The number of anilines is 1. The van der Waals surface area contributed by atoms with E-state index < -0.39 is 36.3 Å². The van der Waals surface area contributed by atoms with Crippen LogP contribution >= 0.6 is 0 Å². The minimum atomic E-state index is -1.01. The molecule has 2 saturated heterocycles. The van der Waals surface area contributed by atoms with E-state index in [-0.39, 0.29) is 5.69 Å². The summed E-state index contributed by atoms with van der Waals surface area (Å²) in [7, 11) is 0. The molecule has 0 spiro atoms. The third-order valence-electron chi connectivity index (χ3n) is 5.79. The van der Waals surface area contributed by atoms with Crippen LogP contribution in [-0.4, -0.2) is 76.2 Å². The van der Waals surface area contributed by atoms with Gasteiger partial charge >= 0.3 is 17.8 Å². The van der Waals surface area contributed by atoms with Crippen LogP contribution in [0.3, 0.4) is 0 Å². The van der Waals surface area contributed by atoms with Gasteiger partial charge in [0.15, 0.2) is 5.89 Å². The van der Waals surface area contributed by atoms with Crippen LogP contribution < -0.4 is 4.90 Å². The van der Waals surface area contributed by atoms with Crippen molar-refractivity contribution in [3.05, 3.63) is 47.5 Å². The zero-order chi connectivity index (χ0) is 23.7. The topological polar surface area (TPSA) is 131 Å². The highest BCUT2D eigenvalue weighted by Gasteiger charge is 2.48. The van der Waals surface area contributed by atoms with E-state index in [0.717, 1.165) is 4.90 Å². The molecule has 3 heterocycles. The lowest BCUT2D eigenvalue weighted by atomic mass is 10.1. The first-order valence-corrected chi connectivity index (χ1v) is 10.5. The van der Waals surface area contributed by atoms with Gasteiger partial charge in [-0.1, -0.05) is 30.3 Å². The molecule has 33 heavy (non-hydrogen) atoms. The Bertz CT molecular complexity index is 1150. The molecule has 1 unspecified atom stereocenters. The van der Waals surface area contributed by atoms with Crippen molar-refractivity contribution in [2.24, 2.45) is 0 Å². The molecule has 0 bridgehead atoms. The first kappa shape index (κ1) is 22.0. The summed E-state index contributed by atoms with van der Waals surface area (Å²) in [5, 5.41) is 9.20. The lowest BCUT2D eigenvalue weighted by molar-refractivity contribution is -0.145. The number of oxazole rings is 1. The van der Waals surface area contributed by atoms with E-state index in [4.69, 9.17) is 4.42 Å². The molecule has 0 aliphatic carbocycles. The highest BCUT2D eigenvalue weighted by Crippen LogP contribution is 2.26. The minimum Gasteiger partial charge on any atom is -0.424 e. The lowest BCUT2D eigenvalue weighted by Gasteiger charge is -2.35. The highest BCUT2D eigenvalue weighted by atomic mass is 16.4. The number of hydrogen-bond donors (Lipinski definition) is 0. The minimum absolute atomic E-state index is 0.187. The number of nitrogens with zero attached hydrogens (tertiary/aromatic N) is 6. The highest BCUT2D eigenvalue weighted by molar-refractivity contribution is 6.45.